The van der Waals surface area contributed by atoms with Gasteiger partial charge in [-0.05, 0) is 42.0 Å². The number of amides is 1. The molecule has 1 amide bonds. The fourth-order valence-electron chi connectivity index (χ4n) is 3.28. The van der Waals surface area contributed by atoms with E-state index < -0.39 is 0 Å². The number of hydrogen-bond acceptors (Lipinski definition) is 5. The lowest BCUT2D eigenvalue weighted by Gasteiger charge is -2.11. The Hall–Kier alpha value is -3.87. The van der Waals surface area contributed by atoms with Gasteiger partial charge in [-0.15, -0.1) is 5.10 Å². The van der Waals surface area contributed by atoms with E-state index in [1.165, 1.54) is 0 Å². The average molecular weight is 402 g/mol. The molecule has 30 heavy (non-hydrogen) atoms. The molecule has 1 aromatic heterocycles. The predicted molar refractivity (Wildman–Crippen MR) is 114 cm³/mol. The maximum Gasteiger partial charge on any atom is 0.251 e. The number of nitrogens with zero attached hydrogens (tertiary/aromatic N) is 3. The van der Waals surface area contributed by atoms with Crippen LogP contribution in [0.4, 0.5) is 0 Å². The molecule has 4 aromatic rings. The minimum Gasteiger partial charge on any atom is -0.497 e. The molecule has 0 atom stereocenters. The van der Waals surface area contributed by atoms with Crippen molar-refractivity contribution in [1.29, 1.82) is 0 Å². The summed E-state index contributed by atoms with van der Waals surface area (Å²) in [6.45, 7) is 0.941. The highest BCUT2D eigenvalue weighted by molar-refractivity contribution is 5.97. The lowest BCUT2D eigenvalue weighted by molar-refractivity contribution is 0.0950. The van der Waals surface area contributed by atoms with Crippen LogP contribution in [0, 0.1) is 0 Å². The van der Waals surface area contributed by atoms with Gasteiger partial charge in [0, 0.05) is 17.7 Å². The van der Waals surface area contributed by atoms with E-state index in [1.54, 1.807) is 26.4 Å². The van der Waals surface area contributed by atoms with Crippen molar-refractivity contribution in [2.45, 2.75) is 13.1 Å². The number of fused-ring (bicyclic) bond motifs is 1. The Kier molecular flexibility index (Phi) is 5.61. The predicted octanol–water partition coefficient (Wildman–Crippen LogP) is 3.43. The molecule has 0 aliphatic rings. The topological polar surface area (TPSA) is 78.3 Å². The van der Waals surface area contributed by atoms with Gasteiger partial charge in [0.2, 0.25) is 0 Å². The third-order valence-corrected chi connectivity index (χ3v) is 4.88. The normalized spacial score (nSPS) is 10.7. The van der Waals surface area contributed by atoms with Crippen molar-refractivity contribution in [3.63, 3.8) is 0 Å². The van der Waals surface area contributed by atoms with E-state index in [4.69, 9.17) is 9.47 Å². The van der Waals surface area contributed by atoms with Crippen LogP contribution in [-0.4, -0.2) is 35.1 Å². The molecule has 0 radical (unpaired) electrons. The van der Waals surface area contributed by atoms with Gasteiger partial charge in [0.1, 0.15) is 17.0 Å². The van der Waals surface area contributed by atoms with Crippen LogP contribution in [0.3, 0.4) is 0 Å². The van der Waals surface area contributed by atoms with Crippen molar-refractivity contribution in [2.75, 3.05) is 14.2 Å². The van der Waals surface area contributed by atoms with Crippen molar-refractivity contribution < 1.29 is 14.3 Å². The average Bonchev–Trinajstić information content (AvgIpc) is 3.19. The summed E-state index contributed by atoms with van der Waals surface area (Å²) in [5, 5.41) is 11.4. The molecule has 4 rings (SSSR count). The second-order valence-electron chi connectivity index (χ2n) is 6.80. The Bertz CT molecular complexity index is 1170. The van der Waals surface area contributed by atoms with E-state index in [9.17, 15) is 4.79 Å². The van der Waals surface area contributed by atoms with Gasteiger partial charge in [0.15, 0.2) is 0 Å². The third kappa shape index (κ3) is 4.10. The van der Waals surface area contributed by atoms with E-state index in [2.05, 4.69) is 15.6 Å². The molecular weight excluding hydrogens is 380 g/mol. The fraction of sp³-hybridized carbons (Fsp3) is 0.174. The lowest BCUT2D eigenvalue weighted by atomic mass is 10.1. The quantitative estimate of drug-likeness (QED) is 0.512. The standard InChI is InChI=1S/C23H22N4O3/c1-29-19-9-11-22(30-2)18(12-19)14-24-23(28)17-8-10-21-20(13-17)25-26-27(21)15-16-6-4-3-5-7-16/h3-13H,14-15H2,1-2H3,(H,24,28). The first-order chi connectivity index (χ1) is 14.7. The van der Waals surface area contributed by atoms with Crippen molar-refractivity contribution in [1.82, 2.24) is 20.3 Å². The summed E-state index contributed by atoms with van der Waals surface area (Å²) in [6.07, 6.45) is 0. The van der Waals surface area contributed by atoms with Gasteiger partial charge in [0.05, 0.1) is 26.3 Å². The van der Waals surface area contributed by atoms with Crippen LogP contribution in [0.15, 0.2) is 66.7 Å². The van der Waals surface area contributed by atoms with Crippen LogP contribution in [0.5, 0.6) is 11.5 Å². The van der Waals surface area contributed by atoms with Crippen LogP contribution < -0.4 is 14.8 Å². The summed E-state index contributed by atoms with van der Waals surface area (Å²) < 4.78 is 12.4. The monoisotopic (exact) mass is 402 g/mol. The molecule has 0 saturated carbocycles. The number of rotatable bonds is 7. The van der Waals surface area contributed by atoms with E-state index in [0.717, 1.165) is 16.6 Å². The molecule has 7 heteroatoms. The van der Waals surface area contributed by atoms with E-state index >= 15 is 0 Å². The molecule has 0 aliphatic carbocycles. The van der Waals surface area contributed by atoms with Crippen molar-refractivity contribution in [3.05, 3.63) is 83.4 Å². The smallest absolute Gasteiger partial charge is 0.251 e. The zero-order valence-electron chi connectivity index (χ0n) is 16.8. The van der Waals surface area contributed by atoms with Gasteiger partial charge in [-0.2, -0.15) is 0 Å². The number of aromatic nitrogens is 3. The number of ether oxygens (including phenoxy) is 2. The Morgan fingerprint density at radius 2 is 1.83 bits per heavy atom. The second kappa shape index (κ2) is 8.65. The largest absolute Gasteiger partial charge is 0.497 e. The van der Waals surface area contributed by atoms with Gasteiger partial charge >= 0.3 is 0 Å². The van der Waals surface area contributed by atoms with Gasteiger partial charge < -0.3 is 14.8 Å². The molecule has 0 unspecified atom stereocenters. The van der Waals surface area contributed by atoms with Crippen molar-refractivity contribution >= 4 is 16.9 Å². The highest BCUT2D eigenvalue weighted by atomic mass is 16.5. The zero-order chi connectivity index (χ0) is 20.9. The van der Waals surface area contributed by atoms with Gasteiger partial charge in [0.25, 0.3) is 5.91 Å². The summed E-state index contributed by atoms with van der Waals surface area (Å²) in [7, 11) is 3.20. The first-order valence-electron chi connectivity index (χ1n) is 9.54. The number of benzene rings is 3. The number of nitrogens with one attached hydrogen (secondary N) is 1. The van der Waals surface area contributed by atoms with Crippen LogP contribution in [0.2, 0.25) is 0 Å². The Morgan fingerprint density at radius 1 is 1.00 bits per heavy atom. The second-order valence-corrected chi connectivity index (χ2v) is 6.80. The van der Waals surface area contributed by atoms with Crippen LogP contribution >= 0.6 is 0 Å². The van der Waals surface area contributed by atoms with Crippen LogP contribution in [-0.2, 0) is 13.1 Å². The summed E-state index contributed by atoms with van der Waals surface area (Å²) in [6, 6.07) is 20.9. The number of carbonyl (C=O) groups is 1. The maximum absolute atomic E-state index is 12.7. The molecule has 0 aliphatic heterocycles. The summed E-state index contributed by atoms with van der Waals surface area (Å²) in [5.41, 5.74) is 4.05. The van der Waals surface area contributed by atoms with Gasteiger partial charge in [-0.1, -0.05) is 35.5 Å². The Morgan fingerprint density at radius 3 is 2.60 bits per heavy atom. The fourth-order valence-corrected chi connectivity index (χ4v) is 3.28. The number of methoxy groups -OCH3 is 2. The maximum atomic E-state index is 12.7. The molecule has 152 valence electrons. The summed E-state index contributed by atoms with van der Waals surface area (Å²) >= 11 is 0. The minimum atomic E-state index is -0.195. The van der Waals surface area contributed by atoms with Gasteiger partial charge in [-0.25, -0.2) is 4.68 Å². The number of carbonyl (C=O) groups excluding carboxylic acids is 1. The highest BCUT2D eigenvalue weighted by Gasteiger charge is 2.12. The first kappa shape index (κ1) is 19.4. The summed E-state index contributed by atoms with van der Waals surface area (Å²) in [5.74, 6) is 1.20. The molecule has 0 bridgehead atoms. The lowest BCUT2D eigenvalue weighted by Crippen LogP contribution is -2.23. The zero-order valence-corrected chi connectivity index (χ0v) is 16.8. The van der Waals surface area contributed by atoms with Crippen LogP contribution in [0.1, 0.15) is 21.5 Å². The van der Waals surface area contributed by atoms with Crippen molar-refractivity contribution in [3.8, 4) is 11.5 Å². The van der Waals surface area contributed by atoms with E-state index in [-0.39, 0.29) is 5.91 Å². The summed E-state index contributed by atoms with van der Waals surface area (Å²) in [4.78, 5) is 12.7. The Balaban J connectivity index is 1.49. The first-order valence-corrected chi connectivity index (χ1v) is 9.54. The number of hydrogen-bond donors (Lipinski definition) is 1. The molecule has 3 aromatic carbocycles. The SMILES string of the molecule is COc1ccc(OC)c(CNC(=O)c2ccc3c(c2)nnn3Cc2ccccc2)c1. The molecule has 0 spiro atoms. The van der Waals surface area contributed by atoms with Gasteiger partial charge in [-0.3, -0.25) is 4.79 Å². The van der Waals surface area contributed by atoms with Crippen LogP contribution in [0.25, 0.3) is 11.0 Å². The minimum absolute atomic E-state index is 0.195. The highest BCUT2D eigenvalue weighted by Crippen LogP contribution is 2.24. The van der Waals surface area contributed by atoms with E-state index in [1.807, 2.05) is 59.3 Å². The molecule has 1 N–H and O–H groups in total. The Labute approximate surface area is 174 Å². The molecule has 0 saturated heterocycles. The molecule has 7 nitrogen and oxygen atoms in total. The molecule has 0 fully saturated rings. The molecule has 1 heterocycles. The van der Waals surface area contributed by atoms with E-state index in [0.29, 0.717) is 35.7 Å². The van der Waals surface area contributed by atoms with Crippen molar-refractivity contribution in [2.24, 2.45) is 0 Å². The molecular formula is C23H22N4O3. The third-order valence-electron chi connectivity index (χ3n) is 4.88.